The van der Waals surface area contributed by atoms with Crippen molar-refractivity contribution in [3.63, 3.8) is 0 Å². The maximum atomic E-state index is 10.5. The summed E-state index contributed by atoms with van der Waals surface area (Å²) in [6, 6.07) is 0. The van der Waals surface area contributed by atoms with E-state index in [-0.39, 0.29) is 11.8 Å². The Hall–Kier alpha value is -1.05. The lowest BCUT2D eigenvalue weighted by molar-refractivity contribution is -0.136. The van der Waals surface area contributed by atoms with Gasteiger partial charge in [0.1, 0.15) is 0 Å². The van der Waals surface area contributed by atoms with Crippen LogP contribution in [-0.4, -0.2) is 11.1 Å². The molecule has 1 N–H and O–H groups in total. The number of allylic oxidation sites excluding steroid dienone is 3. The minimum absolute atomic E-state index is 0.136. The highest BCUT2D eigenvalue weighted by Gasteiger charge is 2.24. The lowest BCUT2D eigenvalue weighted by atomic mass is 9.75. The Kier molecular flexibility index (Phi) is 2.60. The summed E-state index contributed by atoms with van der Waals surface area (Å²) in [4.78, 5) is 10.5. The van der Waals surface area contributed by atoms with Crippen molar-refractivity contribution in [1.29, 1.82) is 0 Å². The van der Waals surface area contributed by atoms with Crippen molar-refractivity contribution < 1.29 is 9.90 Å². The molecule has 0 aromatic heterocycles. The molecule has 0 aliphatic heterocycles. The van der Waals surface area contributed by atoms with Gasteiger partial charge in [0.05, 0.1) is 6.42 Å². The van der Waals surface area contributed by atoms with Crippen molar-refractivity contribution >= 4 is 5.97 Å². The molecule has 0 bridgehead atoms. The van der Waals surface area contributed by atoms with Crippen molar-refractivity contribution in [1.82, 2.24) is 0 Å². The van der Waals surface area contributed by atoms with Gasteiger partial charge in [-0.3, -0.25) is 4.79 Å². The van der Waals surface area contributed by atoms with Gasteiger partial charge in [-0.1, -0.05) is 39.0 Å². The zero-order valence-corrected chi connectivity index (χ0v) is 8.37. The summed E-state index contributed by atoms with van der Waals surface area (Å²) in [5, 5.41) is 8.61. The molecule has 1 rings (SSSR count). The van der Waals surface area contributed by atoms with Crippen molar-refractivity contribution in [2.75, 3.05) is 0 Å². The van der Waals surface area contributed by atoms with E-state index in [0.717, 1.165) is 5.57 Å². The number of aliphatic carboxylic acids is 1. The van der Waals surface area contributed by atoms with E-state index in [4.69, 9.17) is 5.11 Å². The van der Waals surface area contributed by atoms with Crippen molar-refractivity contribution in [3.05, 3.63) is 23.8 Å². The van der Waals surface area contributed by atoms with Gasteiger partial charge in [-0.05, 0) is 16.9 Å². The van der Waals surface area contributed by atoms with Crippen molar-refractivity contribution in [3.8, 4) is 0 Å². The van der Waals surface area contributed by atoms with Gasteiger partial charge in [-0.25, -0.2) is 0 Å². The smallest absolute Gasteiger partial charge is 0.307 e. The lowest BCUT2D eigenvalue weighted by Gasteiger charge is -2.29. The van der Waals surface area contributed by atoms with E-state index in [2.05, 4.69) is 26.8 Å². The maximum absolute atomic E-state index is 10.5. The minimum atomic E-state index is -0.761. The molecule has 0 saturated carbocycles. The van der Waals surface area contributed by atoms with Gasteiger partial charge < -0.3 is 5.11 Å². The molecule has 1 aliphatic rings. The Bertz CT molecular complexity index is 272. The van der Waals surface area contributed by atoms with E-state index in [1.54, 1.807) is 0 Å². The summed E-state index contributed by atoms with van der Waals surface area (Å²) >= 11 is 0. The molecule has 13 heavy (non-hydrogen) atoms. The molecule has 0 aromatic rings. The zero-order valence-electron chi connectivity index (χ0n) is 8.37. The largest absolute Gasteiger partial charge is 0.481 e. The maximum Gasteiger partial charge on any atom is 0.307 e. The van der Waals surface area contributed by atoms with Crippen molar-refractivity contribution in [2.45, 2.75) is 27.2 Å². The molecule has 2 nitrogen and oxygen atoms in total. The third-order valence-electron chi connectivity index (χ3n) is 2.72. The molecule has 1 atom stereocenters. The van der Waals surface area contributed by atoms with Crippen LogP contribution in [0.1, 0.15) is 27.2 Å². The quantitative estimate of drug-likeness (QED) is 0.709. The predicted octanol–water partition coefficient (Wildman–Crippen LogP) is 2.62. The van der Waals surface area contributed by atoms with Gasteiger partial charge in [-0.15, -0.1) is 0 Å². The predicted molar refractivity (Wildman–Crippen MR) is 52.4 cm³/mol. The van der Waals surface area contributed by atoms with Crippen molar-refractivity contribution in [2.24, 2.45) is 11.3 Å². The van der Waals surface area contributed by atoms with Gasteiger partial charge in [0.15, 0.2) is 0 Å². The van der Waals surface area contributed by atoms with Crippen LogP contribution in [0, 0.1) is 11.3 Å². The summed E-state index contributed by atoms with van der Waals surface area (Å²) in [5.74, 6) is -0.352. The Balaban J connectivity index is 2.74. The van der Waals surface area contributed by atoms with Gasteiger partial charge in [0.2, 0.25) is 0 Å². The minimum Gasteiger partial charge on any atom is -0.481 e. The first-order chi connectivity index (χ1) is 5.92. The second-order valence-corrected chi connectivity index (χ2v) is 4.26. The standard InChI is InChI=1S/C11H16O2/c1-8-6-9(7-10(12)13)4-5-11(8,2)3/h4-6,8H,7H2,1-3H3,(H,12,13). The van der Waals surface area contributed by atoms with Crippen LogP contribution in [0.4, 0.5) is 0 Å². The second-order valence-electron chi connectivity index (χ2n) is 4.26. The third kappa shape index (κ3) is 2.44. The molecule has 72 valence electrons. The number of hydrogen-bond acceptors (Lipinski definition) is 1. The average molecular weight is 180 g/mol. The molecule has 0 saturated heterocycles. The molecular formula is C11H16O2. The molecular weight excluding hydrogens is 164 g/mol. The SMILES string of the molecule is CC1C=C(CC(=O)O)C=CC1(C)C. The molecule has 0 amide bonds. The van der Waals surface area contributed by atoms with Crippen LogP contribution >= 0.6 is 0 Å². The van der Waals surface area contributed by atoms with Crippen LogP contribution in [0.5, 0.6) is 0 Å². The third-order valence-corrected chi connectivity index (χ3v) is 2.72. The Morgan fingerprint density at radius 3 is 2.69 bits per heavy atom. The Labute approximate surface area is 79.0 Å². The van der Waals surface area contributed by atoms with E-state index in [0.29, 0.717) is 5.92 Å². The number of rotatable bonds is 2. The zero-order chi connectivity index (χ0) is 10.1. The number of hydrogen-bond donors (Lipinski definition) is 1. The van der Waals surface area contributed by atoms with E-state index in [1.807, 2.05) is 12.2 Å². The van der Waals surface area contributed by atoms with Crippen LogP contribution in [0.15, 0.2) is 23.8 Å². The van der Waals surface area contributed by atoms with Crippen LogP contribution in [-0.2, 0) is 4.79 Å². The van der Waals surface area contributed by atoms with E-state index >= 15 is 0 Å². The van der Waals surface area contributed by atoms with Crippen LogP contribution < -0.4 is 0 Å². The molecule has 0 radical (unpaired) electrons. The summed E-state index contributed by atoms with van der Waals surface area (Å²) in [7, 11) is 0. The van der Waals surface area contributed by atoms with Gasteiger partial charge >= 0.3 is 5.97 Å². The van der Waals surface area contributed by atoms with Gasteiger partial charge in [-0.2, -0.15) is 0 Å². The highest BCUT2D eigenvalue weighted by molar-refractivity contribution is 5.71. The first-order valence-corrected chi connectivity index (χ1v) is 4.53. The monoisotopic (exact) mass is 180 g/mol. The fraction of sp³-hybridized carbons (Fsp3) is 0.545. The Morgan fingerprint density at radius 2 is 2.23 bits per heavy atom. The average Bonchev–Trinajstić information content (AvgIpc) is 1.97. The van der Waals surface area contributed by atoms with Crippen LogP contribution in [0.2, 0.25) is 0 Å². The Morgan fingerprint density at radius 1 is 1.62 bits per heavy atom. The number of carboxylic acid groups (broad SMARTS) is 1. The first-order valence-electron chi connectivity index (χ1n) is 4.53. The fourth-order valence-electron chi connectivity index (χ4n) is 1.36. The summed E-state index contributed by atoms with van der Waals surface area (Å²) < 4.78 is 0. The molecule has 2 heteroatoms. The highest BCUT2D eigenvalue weighted by atomic mass is 16.4. The first kappa shape index (κ1) is 10.0. The molecule has 0 fully saturated rings. The highest BCUT2D eigenvalue weighted by Crippen LogP contribution is 2.34. The molecule has 1 unspecified atom stereocenters. The summed E-state index contributed by atoms with van der Waals surface area (Å²) in [5.41, 5.74) is 1.07. The summed E-state index contributed by atoms with van der Waals surface area (Å²) in [6.45, 7) is 6.43. The molecule has 0 heterocycles. The van der Waals surface area contributed by atoms with E-state index in [9.17, 15) is 4.79 Å². The van der Waals surface area contributed by atoms with E-state index < -0.39 is 5.97 Å². The van der Waals surface area contributed by atoms with E-state index in [1.165, 1.54) is 0 Å². The topological polar surface area (TPSA) is 37.3 Å². The molecule has 0 spiro atoms. The lowest BCUT2D eigenvalue weighted by Crippen LogP contribution is -2.20. The van der Waals surface area contributed by atoms with Gasteiger partial charge in [0, 0.05) is 0 Å². The normalized spacial score (nSPS) is 25.5. The van der Waals surface area contributed by atoms with Gasteiger partial charge in [0.25, 0.3) is 0 Å². The number of carboxylic acids is 1. The fourth-order valence-corrected chi connectivity index (χ4v) is 1.36. The van der Waals surface area contributed by atoms with Crippen LogP contribution in [0.3, 0.4) is 0 Å². The molecule has 1 aliphatic carbocycles. The molecule has 0 aromatic carbocycles. The second kappa shape index (κ2) is 3.36. The van der Waals surface area contributed by atoms with Crippen LogP contribution in [0.25, 0.3) is 0 Å². The summed E-state index contributed by atoms with van der Waals surface area (Å²) in [6.07, 6.45) is 6.20. The number of carbonyl (C=O) groups is 1.